The summed E-state index contributed by atoms with van der Waals surface area (Å²) in [5.74, 6) is 0. The third kappa shape index (κ3) is 3.07. The van der Waals surface area contributed by atoms with Gasteiger partial charge in [-0.15, -0.1) is 0 Å². The molecule has 0 aliphatic heterocycles. The second kappa shape index (κ2) is 4.96. The van der Waals surface area contributed by atoms with Gasteiger partial charge in [0.25, 0.3) is 0 Å². The van der Waals surface area contributed by atoms with E-state index >= 15 is 0 Å². The average Bonchev–Trinajstić information content (AvgIpc) is 2.06. The predicted molar refractivity (Wildman–Crippen MR) is 52.5 cm³/mol. The molecule has 0 radical (unpaired) electrons. The number of nitrogens with one attached hydrogen (secondary N) is 2. The van der Waals surface area contributed by atoms with E-state index in [1.54, 1.807) is 0 Å². The lowest BCUT2D eigenvalue weighted by molar-refractivity contribution is 0.397. The molecule has 0 spiro atoms. The summed E-state index contributed by atoms with van der Waals surface area (Å²) in [6.07, 6.45) is 9.85. The average molecular weight is 166 g/mol. The van der Waals surface area contributed by atoms with E-state index in [0.717, 1.165) is 5.70 Å². The molecule has 2 N–H and O–H groups in total. The van der Waals surface area contributed by atoms with Crippen LogP contribution in [0.5, 0.6) is 0 Å². The summed E-state index contributed by atoms with van der Waals surface area (Å²) in [5, 5.41) is 10.3. The molecule has 0 saturated heterocycles. The van der Waals surface area contributed by atoms with Crippen molar-refractivity contribution in [3.8, 4) is 0 Å². The van der Waals surface area contributed by atoms with Gasteiger partial charge in [0.05, 0.1) is 0 Å². The molecule has 12 heavy (non-hydrogen) atoms. The van der Waals surface area contributed by atoms with E-state index in [4.69, 9.17) is 5.41 Å². The summed E-state index contributed by atoms with van der Waals surface area (Å²) in [7, 11) is 0. The maximum Gasteiger partial charge on any atom is 0.0258 e. The van der Waals surface area contributed by atoms with Gasteiger partial charge in [-0.1, -0.05) is 19.3 Å². The molecule has 1 aliphatic carbocycles. The van der Waals surface area contributed by atoms with E-state index in [2.05, 4.69) is 5.32 Å². The second-order valence-electron chi connectivity index (χ2n) is 3.50. The van der Waals surface area contributed by atoms with Crippen LogP contribution in [0.2, 0.25) is 0 Å². The second-order valence-corrected chi connectivity index (χ2v) is 3.50. The fourth-order valence-electron chi connectivity index (χ4n) is 1.74. The number of rotatable bonds is 3. The quantitative estimate of drug-likeness (QED) is 0.621. The Morgan fingerprint density at radius 2 is 2.00 bits per heavy atom. The lowest BCUT2D eigenvalue weighted by Gasteiger charge is -2.23. The Labute approximate surface area is 74.6 Å². The first-order chi connectivity index (χ1) is 5.83. The van der Waals surface area contributed by atoms with Gasteiger partial charge in [0.15, 0.2) is 0 Å². The molecule has 0 amide bonds. The molecule has 1 rings (SSSR count). The number of hydrogen-bond acceptors (Lipinski definition) is 2. The first-order valence-corrected chi connectivity index (χ1v) is 4.77. The van der Waals surface area contributed by atoms with Crippen molar-refractivity contribution >= 4 is 6.21 Å². The molecule has 0 aromatic rings. The predicted octanol–water partition coefficient (Wildman–Crippen LogP) is 2.46. The van der Waals surface area contributed by atoms with Crippen LogP contribution in [0, 0.1) is 5.41 Å². The van der Waals surface area contributed by atoms with E-state index in [1.807, 2.05) is 13.0 Å². The summed E-state index contributed by atoms with van der Waals surface area (Å²) in [6, 6.07) is 0.662. The molecule has 1 fully saturated rings. The molecule has 1 aliphatic rings. The lowest BCUT2D eigenvalue weighted by Crippen LogP contribution is -2.29. The van der Waals surface area contributed by atoms with Crippen molar-refractivity contribution < 1.29 is 0 Å². The molecule has 0 aromatic carbocycles. The van der Waals surface area contributed by atoms with Crippen molar-refractivity contribution in [1.82, 2.24) is 5.32 Å². The Bertz CT molecular complexity index is 167. The Morgan fingerprint density at radius 1 is 1.33 bits per heavy atom. The standard InChI is InChI=1S/C10H18N2/c1-9(7-8-11)12-10-5-3-2-4-6-10/h7-8,10-12H,2-6H2,1H3/b9-7-,11-8?. The molecule has 2 nitrogen and oxygen atoms in total. The summed E-state index contributed by atoms with van der Waals surface area (Å²) >= 11 is 0. The molecule has 0 unspecified atom stereocenters. The highest BCUT2D eigenvalue weighted by Gasteiger charge is 2.11. The minimum atomic E-state index is 0.662. The van der Waals surface area contributed by atoms with Crippen LogP contribution in [0.15, 0.2) is 11.8 Å². The fourth-order valence-corrected chi connectivity index (χ4v) is 1.74. The maximum absolute atomic E-state index is 6.91. The Hall–Kier alpha value is -0.790. The van der Waals surface area contributed by atoms with Gasteiger partial charge < -0.3 is 10.7 Å². The summed E-state index contributed by atoms with van der Waals surface area (Å²) in [4.78, 5) is 0. The van der Waals surface area contributed by atoms with E-state index in [9.17, 15) is 0 Å². The van der Waals surface area contributed by atoms with Crippen LogP contribution in [0.1, 0.15) is 39.0 Å². The number of allylic oxidation sites excluding steroid dienone is 2. The Balaban J connectivity index is 2.28. The summed E-state index contributed by atoms with van der Waals surface area (Å²) in [6.45, 7) is 2.03. The van der Waals surface area contributed by atoms with Crippen LogP contribution in [-0.4, -0.2) is 12.3 Å². The van der Waals surface area contributed by atoms with Crippen LogP contribution in [0.25, 0.3) is 0 Å². The summed E-state index contributed by atoms with van der Waals surface area (Å²) in [5.41, 5.74) is 1.12. The van der Waals surface area contributed by atoms with Crippen LogP contribution in [-0.2, 0) is 0 Å². The minimum absolute atomic E-state index is 0.662. The molecule has 2 heteroatoms. The highest BCUT2D eigenvalue weighted by Crippen LogP contribution is 2.17. The lowest BCUT2D eigenvalue weighted by atomic mass is 9.95. The molecule has 68 valence electrons. The SMILES string of the molecule is C/C(=C/C=N)NC1CCCCC1. The van der Waals surface area contributed by atoms with Gasteiger partial charge >= 0.3 is 0 Å². The molecule has 0 aromatic heterocycles. The molecule has 0 heterocycles. The third-order valence-corrected chi connectivity index (χ3v) is 2.37. The normalized spacial score (nSPS) is 20.6. The van der Waals surface area contributed by atoms with E-state index in [0.29, 0.717) is 6.04 Å². The summed E-state index contributed by atoms with van der Waals surface area (Å²) < 4.78 is 0. The van der Waals surface area contributed by atoms with Gasteiger partial charge in [-0.2, -0.15) is 0 Å². The van der Waals surface area contributed by atoms with Crippen molar-refractivity contribution in [1.29, 1.82) is 5.41 Å². The zero-order chi connectivity index (χ0) is 8.81. The third-order valence-electron chi connectivity index (χ3n) is 2.37. The molecular formula is C10H18N2. The molecule has 1 saturated carbocycles. The highest BCUT2D eigenvalue weighted by atomic mass is 14.9. The van der Waals surface area contributed by atoms with Crippen LogP contribution in [0.3, 0.4) is 0 Å². The first-order valence-electron chi connectivity index (χ1n) is 4.77. The maximum atomic E-state index is 6.91. The Kier molecular flexibility index (Phi) is 3.85. The van der Waals surface area contributed by atoms with Crippen molar-refractivity contribution in [2.24, 2.45) is 0 Å². The van der Waals surface area contributed by atoms with Crippen LogP contribution in [0.4, 0.5) is 0 Å². The molecule has 0 bridgehead atoms. The monoisotopic (exact) mass is 166 g/mol. The van der Waals surface area contributed by atoms with Crippen molar-refractivity contribution in [2.75, 3.05) is 0 Å². The zero-order valence-electron chi connectivity index (χ0n) is 7.77. The highest BCUT2D eigenvalue weighted by molar-refractivity contribution is 5.68. The first kappa shape index (κ1) is 9.30. The zero-order valence-corrected chi connectivity index (χ0v) is 7.77. The van der Waals surface area contributed by atoms with E-state index in [1.165, 1.54) is 38.3 Å². The smallest absolute Gasteiger partial charge is 0.0258 e. The number of hydrogen-bond donors (Lipinski definition) is 2. The van der Waals surface area contributed by atoms with Gasteiger partial charge in [-0.05, 0) is 25.8 Å². The van der Waals surface area contributed by atoms with Crippen molar-refractivity contribution in [3.63, 3.8) is 0 Å². The van der Waals surface area contributed by atoms with Gasteiger partial charge in [0.2, 0.25) is 0 Å². The Morgan fingerprint density at radius 3 is 2.58 bits per heavy atom. The fraction of sp³-hybridized carbons (Fsp3) is 0.700. The van der Waals surface area contributed by atoms with Gasteiger partial charge in [0, 0.05) is 18.0 Å². The topological polar surface area (TPSA) is 35.9 Å². The van der Waals surface area contributed by atoms with Crippen molar-refractivity contribution in [2.45, 2.75) is 45.1 Å². The van der Waals surface area contributed by atoms with Gasteiger partial charge in [-0.3, -0.25) is 0 Å². The van der Waals surface area contributed by atoms with Crippen molar-refractivity contribution in [3.05, 3.63) is 11.8 Å². The largest absolute Gasteiger partial charge is 0.386 e. The van der Waals surface area contributed by atoms with Crippen LogP contribution >= 0.6 is 0 Å². The van der Waals surface area contributed by atoms with E-state index < -0.39 is 0 Å². The molecule has 0 atom stereocenters. The minimum Gasteiger partial charge on any atom is -0.386 e. The van der Waals surface area contributed by atoms with Gasteiger partial charge in [0.1, 0.15) is 0 Å². The van der Waals surface area contributed by atoms with E-state index in [-0.39, 0.29) is 0 Å². The van der Waals surface area contributed by atoms with Gasteiger partial charge in [-0.25, -0.2) is 0 Å². The molecular weight excluding hydrogens is 148 g/mol. The van der Waals surface area contributed by atoms with Crippen LogP contribution < -0.4 is 5.32 Å².